The number of para-hydroxylation sites is 1. The summed E-state index contributed by atoms with van der Waals surface area (Å²) in [4.78, 5) is 23.2. The summed E-state index contributed by atoms with van der Waals surface area (Å²) in [5.74, 6) is 1.05. The number of fused-ring (bicyclic) bond motifs is 2. The van der Waals surface area contributed by atoms with Gasteiger partial charge in [-0.05, 0) is 29.8 Å². The van der Waals surface area contributed by atoms with Gasteiger partial charge < -0.3 is 9.30 Å². The van der Waals surface area contributed by atoms with Gasteiger partial charge in [-0.25, -0.2) is 4.98 Å². The lowest BCUT2D eigenvalue weighted by Crippen LogP contribution is -2.22. The molecule has 0 fully saturated rings. The number of pyridine rings is 1. The van der Waals surface area contributed by atoms with Crippen molar-refractivity contribution in [3.63, 3.8) is 0 Å². The fraction of sp³-hybridized carbons (Fsp3) is 0.0909. The van der Waals surface area contributed by atoms with Gasteiger partial charge in [0.2, 0.25) is 0 Å². The van der Waals surface area contributed by atoms with Crippen molar-refractivity contribution in [3.8, 4) is 17.0 Å². The molecule has 0 aliphatic heterocycles. The Morgan fingerprint density at radius 3 is 2.70 bits per heavy atom. The van der Waals surface area contributed by atoms with E-state index in [1.165, 1.54) is 6.33 Å². The van der Waals surface area contributed by atoms with Crippen LogP contribution in [-0.2, 0) is 6.54 Å². The van der Waals surface area contributed by atoms with E-state index in [4.69, 9.17) is 4.74 Å². The van der Waals surface area contributed by atoms with Crippen molar-refractivity contribution in [2.75, 3.05) is 7.11 Å². The third kappa shape index (κ3) is 2.93. The monoisotopic (exact) mass is 415 g/mol. The van der Waals surface area contributed by atoms with E-state index in [1.807, 2.05) is 54.6 Å². The SMILES string of the molecule is COc1ccccc1-c1c2c(=O)n(Cc3ccccc3S)ccc2nc2ncnn12. The Bertz CT molecular complexity index is 1460. The number of methoxy groups -OCH3 is 1. The van der Waals surface area contributed by atoms with Gasteiger partial charge in [0.15, 0.2) is 0 Å². The minimum atomic E-state index is -0.171. The molecule has 148 valence electrons. The molecule has 2 aromatic carbocycles. The van der Waals surface area contributed by atoms with Crippen molar-refractivity contribution >= 4 is 29.3 Å². The highest BCUT2D eigenvalue weighted by molar-refractivity contribution is 7.80. The van der Waals surface area contributed by atoms with Gasteiger partial charge in [0.05, 0.1) is 30.3 Å². The average Bonchev–Trinajstić information content (AvgIpc) is 3.24. The van der Waals surface area contributed by atoms with Crippen LogP contribution in [0.3, 0.4) is 0 Å². The van der Waals surface area contributed by atoms with Crippen molar-refractivity contribution in [3.05, 3.63) is 83.0 Å². The van der Waals surface area contributed by atoms with Crippen LogP contribution in [0.4, 0.5) is 0 Å². The van der Waals surface area contributed by atoms with E-state index >= 15 is 0 Å². The number of hydrogen-bond donors (Lipinski definition) is 1. The molecule has 0 N–H and O–H groups in total. The van der Waals surface area contributed by atoms with Crippen molar-refractivity contribution in [2.24, 2.45) is 0 Å². The third-order valence-corrected chi connectivity index (χ3v) is 5.47. The average molecular weight is 415 g/mol. The Morgan fingerprint density at radius 2 is 1.87 bits per heavy atom. The van der Waals surface area contributed by atoms with Crippen LogP contribution in [0, 0.1) is 0 Å². The topological polar surface area (TPSA) is 74.3 Å². The molecule has 3 heterocycles. The Hall–Kier alpha value is -3.65. The molecule has 8 heteroatoms. The van der Waals surface area contributed by atoms with E-state index in [-0.39, 0.29) is 5.56 Å². The molecular formula is C22H17N5O2S. The fourth-order valence-corrected chi connectivity index (χ4v) is 3.84. The molecule has 0 atom stereocenters. The highest BCUT2D eigenvalue weighted by atomic mass is 32.1. The summed E-state index contributed by atoms with van der Waals surface area (Å²) in [6.45, 7) is 0.398. The maximum atomic E-state index is 13.6. The van der Waals surface area contributed by atoms with Crippen LogP contribution in [0.5, 0.6) is 5.75 Å². The minimum absolute atomic E-state index is 0.171. The number of ether oxygens (including phenoxy) is 1. The lowest BCUT2D eigenvalue weighted by molar-refractivity contribution is 0.416. The number of aromatic nitrogens is 5. The number of hydrogen-bond acceptors (Lipinski definition) is 6. The smallest absolute Gasteiger partial charge is 0.262 e. The van der Waals surface area contributed by atoms with Gasteiger partial charge in [-0.15, -0.1) is 12.6 Å². The summed E-state index contributed by atoms with van der Waals surface area (Å²) < 4.78 is 8.79. The first-order valence-electron chi connectivity index (χ1n) is 9.30. The predicted octanol–water partition coefficient (Wildman–Crippen LogP) is 3.45. The van der Waals surface area contributed by atoms with Crippen LogP contribution >= 0.6 is 12.6 Å². The standard InChI is InChI=1S/C22H17N5O2S/c1-29-17-8-4-3-7-15(17)20-19-16(25-22-23-13-24-27(20)22)10-11-26(21(19)28)12-14-6-2-5-9-18(14)30/h2-11,13,30H,12H2,1H3. The summed E-state index contributed by atoms with van der Waals surface area (Å²) in [7, 11) is 1.60. The number of nitrogens with zero attached hydrogens (tertiary/aromatic N) is 5. The molecule has 5 aromatic rings. The number of benzene rings is 2. The van der Waals surface area contributed by atoms with Crippen LogP contribution in [-0.4, -0.2) is 31.3 Å². The lowest BCUT2D eigenvalue weighted by Gasteiger charge is -2.14. The number of rotatable bonds is 4. The molecule has 30 heavy (non-hydrogen) atoms. The third-order valence-electron chi connectivity index (χ3n) is 5.04. The van der Waals surface area contributed by atoms with E-state index in [0.717, 1.165) is 16.0 Å². The molecule has 0 aliphatic rings. The maximum Gasteiger partial charge on any atom is 0.262 e. The van der Waals surface area contributed by atoms with E-state index in [0.29, 0.717) is 34.7 Å². The van der Waals surface area contributed by atoms with Gasteiger partial charge in [-0.3, -0.25) is 4.79 Å². The summed E-state index contributed by atoms with van der Waals surface area (Å²) in [5, 5.41) is 4.77. The second kappa shape index (κ2) is 7.31. The molecule has 0 aliphatic carbocycles. The van der Waals surface area contributed by atoms with Gasteiger partial charge in [-0.1, -0.05) is 30.3 Å². The van der Waals surface area contributed by atoms with Gasteiger partial charge in [0, 0.05) is 16.7 Å². The lowest BCUT2D eigenvalue weighted by atomic mass is 10.1. The summed E-state index contributed by atoms with van der Waals surface area (Å²) in [5.41, 5.74) is 2.68. The van der Waals surface area contributed by atoms with E-state index < -0.39 is 0 Å². The Labute approximate surface area is 177 Å². The van der Waals surface area contributed by atoms with Crippen molar-refractivity contribution in [2.45, 2.75) is 11.4 Å². The highest BCUT2D eigenvalue weighted by Gasteiger charge is 2.19. The van der Waals surface area contributed by atoms with E-state index in [2.05, 4.69) is 27.7 Å². The largest absolute Gasteiger partial charge is 0.496 e. The minimum Gasteiger partial charge on any atom is -0.496 e. The predicted molar refractivity (Wildman–Crippen MR) is 117 cm³/mol. The molecule has 3 aromatic heterocycles. The molecule has 0 radical (unpaired) electrons. The molecule has 7 nitrogen and oxygen atoms in total. The molecule has 0 unspecified atom stereocenters. The number of thiol groups is 1. The second-order valence-electron chi connectivity index (χ2n) is 6.77. The van der Waals surface area contributed by atoms with Crippen LogP contribution in [0.2, 0.25) is 0 Å². The molecule has 0 saturated heterocycles. The van der Waals surface area contributed by atoms with Crippen molar-refractivity contribution < 1.29 is 4.74 Å². The van der Waals surface area contributed by atoms with Gasteiger partial charge in [-0.2, -0.15) is 14.6 Å². The molecule has 5 rings (SSSR count). The van der Waals surface area contributed by atoms with Crippen LogP contribution < -0.4 is 10.3 Å². The van der Waals surface area contributed by atoms with Crippen LogP contribution in [0.25, 0.3) is 27.9 Å². The maximum absolute atomic E-state index is 13.6. The van der Waals surface area contributed by atoms with Crippen LogP contribution in [0.15, 0.2) is 76.8 Å². The second-order valence-corrected chi connectivity index (χ2v) is 7.25. The fourth-order valence-electron chi connectivity index (χ4n) is 3.61. The van der Waals surface area contributed by atoms with Gasteiger partial charge in [0.25, 0.3) is 11.3 Å². The zero-order chi connectivity index (χ0) is 20.7. The van der Waals surface area contributed by atoms with Crippen LogP contribution in [0.1, 0.15) is 5.56 Å². The van der Waals surface area contributed by atoms with Crippen molar-refractivity contribution in [1.82, 2.24) is 24.1 Å². The molecular weight excluding hydrogens is 398 g/mol. The Kier molecular flexibility index (Phi) is 4.48. The highest BCUT2D eigenvalue weighted by Crippen LogP contribution is 2.33. The molecule has 0 saturated carbocycles. The zero-order valence-electron chi connectivity index (χ0n) is 16.1. The normalized spacial score (nSPS) is 11.3. The Morgan fingerprint density at radius 1 is 1.07 bits per heavy atom. The molecule has 0 amide bonds. The van der Waals surface area contributed by atoms with E-state index in [9.17, 15) is 4.79 Å². The molecule has 0 spiro atoms. The quantitative estimate of drug-likeness (QED) is 0.455. The van der Waals surface area contributed by atoms with Crippen molar-refractivity contribution in [1.29, 1.82) is 0 Å². The first-order valence-corrected chi connectivity index (χ1v) is 9.75. The first kappa shape index (κ1) is 18.4. The van der Waals surface area contributed by atoms with Gasteiger partial charge >= 0.3 is 0 Å². The summed E-state index contributed by atoms with van der Waals surface area (Å²) in [6, 6.07) is 17.1. The Balaban J connectivity index is 1.83. The first-order chi connectivity index (χ1) is 14.7. The molecule has 0 bridgehead atoms. The summed E-state index contributed by atoms with van der Waals surface area (Å²) in [6.07, 6.45) is 3.17. The zero-order valence-corrected chi connectivity index (χ0v) is 17.0. The van der Waals surface area contributed by atoms with E-state index in [1.54, 1.807) is 22.4 Å². The summed E-state index contributed by atoms with van der Waals surface area (Å²) >= 11 is 4.51. The van der Waals surface area contributed by atoms with Gasteiger partial charge in [0.1, 0.15) is 12.1 Å².